The number of nitrogens with one attached hydrogen (secondary N) is 2. The molecule has 0 atom stereocenters. The molecule has 2 aromatic rings. The van der Waals surface area contributed by atoms with E-state index < -0.39 is 10.0 Å². The number of benzene rings is 2. The summed E-state index contributed by atoms with van der Waals surface area (Å²) in [5, 5.41) is 11.2. The number of hydrogen-bond donors (Lipinski definition) is 3. The lowest BCUT2D eigenvalue weighted by Gasteiger charge is -2.11. The average molecular weight is 375 g/mol. The number of carbonyl (C=O) groups is 1. The van der Waals surface area contributed by atoms with E-state index in [1.165, 1.54) is 17.7 Å². The summed E-state index contributed by atoms with van der Waals surface area (Å²) >= 11 is 0. The number of nitrogens with two attached hydrogens (primary N) is 1. The van der Waals surface area contributed by atoms with Crippen LogP contribution in [-0.4, -0.2) is 27.4 Å². The van der Waals surface area contributed by atoms with E-state index in [9.17, 15) is 13.2 Å². The molecule has 26 heavy (non-hydrogen) atoms. The van der Waals surface area contributed by atoms with Crippen LogP contribution in [0.15, 0.2) is 53.4 Å². The van der Waals surface area contributed by atoms with E-state index in [1.54, 1.807) is 12.1 Å². The van der Waals surface area contributed by atoms with Crippen LogP contribution in [0.2, 0.25) is 0 Å². The number of sulfonamides is 1. The zero-order valence-electron chi connectivity index (χ0n) is 14.9. The van der Waals surface area contributed by atoms with Crippen LogP contribution in [0.3, 0.4) is 0 Å². The largest absolute Gasteiger partial charge is 0.384 e. The summed E-state index contributed by atoms with van der Waals surface area (Å²) in [6.45, 7) is 3.17. The molecule has 0 spiro atoms. The van der Waals surface area contributed by atoms with Crippen LogP contribution < -0.4 is 15.8 Å². The van der Waals surface area contributed by atoms with Gasteiger partial charge in [-0.25, -0.2) is 13.6 Å². The van der Waals surface area contributed by atoms with E-state index in [2.05, 4.69) is 23.6 Å². The highest BCUT2D eigenvalue weighted by Crippen LogP contribution is 2.15. The molecule has 0 heterocycles. The Hall–Kier alpha value is -2.38. The van der Waals surface area contributed by atoms with E-state index in [4.69, 9.17) is 5.14 Å². The summed E-state index contributed by atoms with van der Waals surface area (Å²) in [4.78, 5) is 12.0. The smallest absolute Gasteiger partial charge is 0.238 e. The van der Waals surface area contributed by atoms with Crippen LogP contribution in [0.1, 0.15) is 24.5 Å². The maximum atomic E-state index is 11.9. The van der Waals surface area contributed by atoms with Crippen molar-refractivity contribution < 1.29 is 13.2 Å². The van der Waals surface area contributed by atoms with Gasteiger partial charge in [0.2, 0.25) is 15.9 Å². The van der Waals surface area contributed by atoms with E-state index in [0.29, 0.717) is 25.9 Å². The molecule has 6 nitrogen and oxygen atoms in total. The molecule has 1 amide bonds. The molecule has 0 unspecified atom stereocenters. The Bertz CT molecular complexity index is 833. The van der Waals surface area contributed by atoms with Crippen LogP contribution >= 0.6 is 0 Å². The topological polar surface area (TPSA) is 101 Å². The van der Waals surface area contributed by atoms with Crippen molar-refractivity contribution in [1.82, 2.24) is 5.32 Å². The lowest BCUT2D eigenvalue weighted by molar-refractivity contribution is -0.120. The number of hydrogen-bond acceptors (Lipinski definition) is 4. The summed E-state index contributed by atoms with van der Waals surface area (Å²) in [5.41, 5.74) is 3.24. The van der Waals surface area contributed by atoms with Crippen molar-refractivity contribution >= 4 is 21.6 Å². The minimum absolute atomic E-state index is 0.0207. The third kappa shape index (κ3) is 6.16. The molecular formula is C19H25N3O3S. The molecule has 0 fully saturated rings. The number of anilines is 1. The summed E-state index contributed by atoms with van der Waals surface area (Å²) in [6.07, 6.45) is 1.96. The SMILES string of the molecule is CCc1ccccc1NCCC(=O)NCCc1ccc(S(N)(=O)=O)cc1. The molecule has 0 bridgehead atoms. The van der Waals surface area contributed by atoms with Gasteiger partial charge in [-0.15, -0.1) is 0 Å². The lowest BCUT2D eigenvalue weighted by Crippen LogP contribution is -2.27. The maximum absolute atomic E-state index is 11.9. The molecule has 0 aliphatic carbocycles. The van der Waals surface area contributed by atoms with Crippen LogP contribution in [0, 0.1) is 0 Å². The third-order valence-electron chi connectivity index (χ3n) is 4.05. The van der Waals surface area contributed by atoms with Crippen molar-refractivity contribution in [3.8, 4) is 0 Å². The van der Waals surface area contributed by atoms with Gasteiger partial charge in [0.1, 0.15) is 0 Å². The van der Waals surface area contributed by atoms with Gasteiger partial charge in [0.15, 0.2) is 0 Å². The van der Waals surface area contributed by atoms with Gasteiger partial charge >= 0.3 is 0 Å². The van der Waals surface area contributed by atoms with E-state index in [0.717, 1.165) is 17.7 Å². The molecule has 0 aliphatic rings. The van der Waals surface area contributed by atoms with Crippen molar-refractivity contribution in [3.63, 3.8) is 0 Å². The zero-order chi connectivity index (χ0) is 19.0. The predicted octanol–water partition coefficient (Wildman–Crippen LogP) is 2.06. The summed E-state index contributed by atoms with van der Waals surface area (Å²) in [5.74, 6) is -0.0207. The van der Waals surface area contributed by atoms with Gasteiger partial charge in [0.25, 0.3) is 0 Å². The molecule has 0 radical (unpaired) electrons. The second-order valence-corrected chi connectivity index (χ2v) is 7.54. The Morgan fingerprint density at radius 3 is 2.38 bits per heavy atom. The first kappa shape index (κ1) is 19.9. The third-order valence-corrected chi connectivity index (χ3v) is 4.98. The van der Waals surface area contributed by atoms with Crippen LogP contribution in [0.5, 0.6) is 0 Å². The quantitative estimate of drug-likeness (QED) is 0.624. The maximum Gasteiger partial charge on any atom is 0.238 e. The fraction of sp³-hybridized carbons (Fsp3) is 0.316. The molecule has 0 aromatic heterocycles. The molecule has 4 N–H and O–H groups in total. The number of primary sulfonamides is 1. The van der Waals surface area contributed by atoms with Crippen molar-refractivity contribution in [3.05, 3.63) is 59.7 Å². The van der Waals surface area contributed by atoms with E-state index in [-0.39, 0.29) is 10.8 Å². The van der Waals surface area contributed by atoms with Crippen molar-refractivity contribution in [1.29, 1.82) is 0 Å². The zero-order valence-corrected chi connectivity index (χ0v) is 15.7. The van der Waals surface area contributed by atoms with Crippen LogP contribution in [0.4, 0.5) is 5.69 Å². The van der Waals surface area contributed by atoms with Crippen molar-refractivity contribution in [2.45, 2.75) is 31.1 Å². The average Bonchev–Trinajstić information content (AvgIpc) is 2.62. The first-order chi connectivity index (χ1) is 12.4. The minimum Gasteiger partial charge on any atom is -0.384 e. The standard InChI is InChI=1S/C19H25N3O3S/c1-2-16-5-3-4-6-18(16)21-14-12-19(23)22-13-11-15-7-9-17(10-8-15)26(20,24)25/h3-10,21H,2,11-14H2,1H3,(H,22,23)(H2,20,24,25). The first-order valence-electron chi connectivity index (χ1n) is 8.60. The van der Waals surface area contributed by atoms with Gasteiger partial charge in [0, 0.05) is 25.2 Å². The van der Waals surface area contributed by atoms with E-state index >= 15 is 0 Å². The monoisotopic (exact) mass is 375 g/mol. The summed E-state index contributed by atoms with van der Waals surface area (Å²) < 4.78 is 22.4. The Morgan fingerprint density at radius 1 is 1.04 bits per heavy atom. The number of carbonyl (C=O) groups excluding carboxylic acids is 1. The molecule has 0 saturated carbocycles. The fourth-order valence-corrected chi connectivity index (χ4v) is 3.11. The lowest BCUT2D eigenvalue weighted by atomic mass is 10.1. The summed E-state index contributed by atoms with van der Waals surface area (Å²) in [6, 6.07) is 14.4. The van der Waals surface area contributed by atoms with Gasteiger partial charge in [-0.3, -0.25) is 4.79 Å². The molecular weight excluding hydrogens is 350 g/mol. The van der Waals surface area contributed by atoms with E-state index in [1.807, 2.05) is 18.2 Å². The number of amides is 1. The van der Waals surface area contributed by atoms with Crippen LogP contribution in [-0.2, 0) is 27.7 Å². The Labute approximate surface area is 154 Å². The van der Waals surface area contributed by atoms with Gasteiger partial charge < -0.3 is 10.6 Å². The molecule has 0 aliphatic heterocycles. The highest BCUT2D eigenvalue weighted by molar-refractivity contribution is 7.89. The second kappa shape index (κ2) is 9.35. The Balaban J connectivity index is 1.70. The first-order valence-corrected chi connectivity index (χ1v) is 10.1. The van der Waals surface area contributed by atoms with Crippen LogP contribution in [0.25, 0.3) is 0 Å². The number of para-hydroxylation sites is 1. The van der Waals surface area contributed by atoms with Gasteiger partial charge in [-0.2, -0.15) is 0 Å². The normalized spacial score (nSPS) is 11.2. The second-order valence-electron chi connectivity index (χ2n) is 5.98. The highest BCUT2D eigenvalue weighted by Gasteiger charge is 2.07. The predicted molar refractivity (Wildman–Crippen MR) is 103 cm³/mol. The minimum atomic E-state index is -3.67. The van der Waals surface area contributed by atoms with Gasteiger partial charge in [0.05, 0.1) is 4.90 Å². The van der Waals surface area contributed by atoms with Crippen molar-refractivity contribution in [2.75, 3.05) is 18.4 Å². The molecule has 2 rings (SSSR count). The Morgan fingerprint density at radius 2 is 1.73 bits per heavy atom. The summed E-state index contributed by atoms with van der Waals surface area (Å²) in [7, 11) is -3.67. The number of aryl methyl sites for hydroxylation is 1. The number of rotatable bonds is 9. The Kier molecular flexibility index (Phi) is 7.17. The molecule has 140 valence electrons. The van der Waals surface area contributed by atoms with Crippen molar-refractivity contribution in [2.24, 2.45) is 5.14 Å². The van der Waals surface area contributed by atoms with Gasteiger partial charge in [-0.05, 0) is 42.2 Å². The molecule has 2 aromatic carbocycles. The van der Waals surface area contributed by atoms with Gasteiger partial charge in [-0.1, -0.05) is 37.3 Å². The molecule has 7 heteroatoms. The molecule has 0 saturated heterocycles. The fourth-order valence-electron chi connectivity index (χ4n) is 2.59. The highest BCUT2D eigenvalue weighted by atomic mass is 32.2.